The fraction of sp³-hybridized carbons (Fsp3) is 0.944. The van der Waals surface area contributed by atoms with E-state index < -0.39 is 0 Å². The van der Waals surface area contributed by atoms with E-state index in [-0.39, 0.29) is 0 Å². The number of carbonyl (C=O) groups is 1. The molecule has 1 nitrogen and oxygen atoms in total. The first kappa shape index (κ1) is 16.7. The Morgan fingerprint density at radius 3 is 2.26 bits per heavy atom. The highest BCUT2D eigenvalue weighted by atomic mass is 16.1. The first-order valence-electron chi connectivity index (χ1n) is 8.79. The Hall–Kier alpha value is -0.330. The number of unbranched alkanes of at least 4 members (excludes halogenated alkanes) is 4. The third-order valence-corrected chi connectivity index (χ3v) is 4.79. The number of hydrogen-bond acceptors (Lipinski definition) is 1. The van der Waals surface area contributed by atoms with E-state index in [0.717, 1.165) is 31.1 Å². The topological polar surface area (TPSA) is 17.1 Å². The largest absolute Gasteiger partial charge is 0.300 e. The molecule has 0 saturated heterocycles. The van der Waals surface area contributed by atoms with Crippen molar-refractivity contribution in [2.75, 3.05) is 0 Å². The Balaban J connectivity index is 2.24. The second-order valence-electron chi connectivity index (χ2n) is 6.50. The van der Waals surface area contributed by atoms with Gasteiger partial charge < -0.3 is 0 Å². The number of hydrogen-bond donors (Lipinski definition) is 0. The fourth-order valence-electron chi connectivity index (χ4n) is 3.54. The maximum atomic E-state index is 12.1. The Morgan fingerprint density at radius 1 is 0.895 bits per heavy atom. The third kappa shape index (κ3) is 7.13. The molecule has 112 valence electrons. The van der Waals surface area contributed by atoms with E-state index in [1.54, 1.807) is 0 Å². The van der Waals surface area contributed by atoms with Crippen molar-refractivity contribution in [2.24, 2.45) is 11.8 Å². The van der Waals surface area contributed by atoms with Crippen LogP contribution in [0.25, 0.3) is 0 Å². The molecule has 0 N–H and O–H groups in total. The van der Waals surface area contributed by atoms with Gasteiger partial charge in [0.25, 0.3) is 0 Å². The smallest absolute Gasteiger partial charge is 0.133 e. The summed E-state index contributed by atoms with van der Waals surface area (Å²) in [5, 5.41) is 0. The zero-order valence-electron chi connectivity index (χ0n) is 13.3. The van der Waals surface area contributed by atoms with Gasteiger partial charge in [-0.05, 0) is 24.7 Å². The summed E-state index contributed by atoms with van der Waals surface area (Å²) in [7, 11) is 0. The minimum absolute atomic E-state index is 0.546. The van der Waals surface area contributed by atoms with Gasteiger partial charge in [-0.3, -0.25) is 4.79 Å². The lowest BCUT2D eigenvalue weighted by molar-refractivity contribution is -0.120. The van der Waals surface area contributed by atoms with Crippen molar-refractivity contribution >= 4 is 5.78 Å². The molecule has 1 aliphatic rings. The minimum atomic E-state index is 0.546. The molecule has 1 heteroatoms. The molecule has 1 aliphatic carbocycles. The maximum absolute atomic E-state index is 12.1. The lowest BCUT2D eigenvalue weighted by Gasteiger charge is -2.31. The highest BCUT2D eigenvalue weighted by Gasteiger charge is 2.26. The van der Waals surface area contributed by atoms with Gasteiger partial charge >= 0.3 is 0 Å². The molecule has 0 aliphatic heterocycles. The van der Waals surface area contributed by atoms with E-state index in [0.29, 0.717) is 5.78 Å². The van der Waals surface area contributed by atoms with Crippen LogP contribution in [0.2, 0.25) is 0 Å². The lowest BCUT2D eigenvalue weighted by atomic mass is 9.74. The summed E-state index contributed by atoms with van der Waals surface area (Å²) in [4.78, 5) is 12.1. The molecule has 0 aromatic carbocycles. The van der Waals surface area contributed by atoms with Gasteiger partial charge in [-0.1, -0.05) is 71.6 Å². The van der Waals surface area contributed by atoms with Crippen molar-refractivity contribution in [1.29, 1.82) is 0 Å². The Morgan fingerprint density at radius 2 is 1.58 bits per heavy atom. The van der Waals surface area contributed by atoms with Crippen molar-refractivity contribution in [2.45, 2.75) is 97.3 Å². The van der Waals surface area contributed by atoms with Crippen LogP contribution in [-0.4, -0.2) is 5.78 Å². The first-order chi connectivity index (χ1) is 9.27. The van der Waals surface area contributed by atoms with E-state index in [1.807, 2.05) is 0 Å². The quantitative estimate of drug-likeness (QED) is 0.449. The standard InChI is InChI=1S/C18H34O/c1-3-5-7-8-14-18(19)15-17-13-10-9-12-16(17)11-6-4-2/h16-17H,3-15H2,1-2H3. The van der Waals surface area contributed by atoms with Gasteiger partial charge in [-0.2, -0.15) is 0 Å². The summed E-state index contributed by atoms with van der Waals surface area (Å²) >= 11 is 0. The van der Waals surface area contributed by atoms with Crippen LogP contribution in [0.15, 0.2) is 0 Å². The van der Waals surface area contributed by atoms with Crippen LogP contribution in [0.3, 0.4) is 0 Å². The van der Waals surface area contributed by atoms with Gasteiger partial charge in [0.1, 0.15) is 5.78 Å². The van der Waals surface area contributed by atoms with E-state index in [1.165, 1.54) is 64.2 Å². The Kier molecular flexibility index (Phi) is 9.20. The SMILES string of the molecule is CCCCCCC(=O)CC1CCCCC1CCCC. The van der Waals surface area contributed by atoms with Gasteiger partial charge in [0.2, 0.25) is 0 Å². The van der Waals surface area contributed by atoms with Crippen molar-refractivity contribution in [3.05, 3.63) is 0 Å². The summed E-state index contributed by atoms with van der Waals surface area (Å²) in [5.41, 5.74) is 0. The summed E-state index contributed by atoms with van der Waals surface area (Å²) in [5.74, 6) is 2.12. The molecule has 1 saturated carbocycles. The maximum Gasteiger partial charge on any atom is 0.133 e. The minimum Gasteiger partial charge on any atom is -0.300 e. The zero-order chi connectivity index (χ0) is 13.9. The molecule has 2 unspecified atom stereocenters. The fourth-order valence-corrected chi connectivity index (χ4v) is 3.54. The van der Waals surface area contributed by atoms with Crippen LogP contribution >= 0.6 is 0 Å². The summed E-state index contributed by atoms with van der Waals surface area (Å²) in [6.07, 6.45) is 16.1. The van der Waals surface area contributed by atoms with Gasteiger partial charge in [-0.15, -0.1) is 0 Å². The predicted molar refractivity (Wildman–Crippen MR) is 83.4 cm³/mol. The summed E-state index contributed by atoms with van der Waals surface area (Å²) in [6.45, 7) is 4.50. The van der Waals surface area contributed by atoms with Gasteiger partial charge in [0.15, 0.2) is 0 Å². The molecular formula is C18H34O. The van der Waals surface area contributed by atoms with E-state index in [2.05, 4.69) is 13.8 Å². The van der Waals surface area contributed by atoms with Crippen LogP contribution in [0, 0.1) is 11.8 Å². The van der Waals surface area contributed by atoms with Crippen LogP contribution < -0.4 is 0 Å². The molecule has 0 aromatic heterocycles. The first-order valence-corrected chi connectivity index (χ1v) is 8.79. The second kappa shape index (κ2) is 10.5. The number of ketones is 1. The average molecular weight is 266 g/mol. The average Bonchev–Trinajstić information content (AvgIpc) is 2.43. The third-order valence-electron chi connectivity index (χ3n) is 4.79. The molecule has 1 fully saturated rings. The van der Waals surface area contributed by atoms with E-state index >= 15 is 0 Å². The summed E-state index contributed by atoms with van der Waals surface area (Å²) in [6, 6.07) is 0. The number of Topliss-reactive ketones (excluding diaryl/α,β-unsaturated/α-hetero) is 1. The Bertz CT molecular complexity index is 234. The van der Waals surface area contributed by atoms with Crippen LogP contribution in [0.1, 0.15) is 97.3 Å². The monoisotopic (exact) mass is 266 g/mol. The van der Waals surface area contributed by atoms with E-state index in [4.69, 9.17) is 0 Å². The molecule has 0 amide bonds. The highest BCUT2D eigenvalue weighted by Crippen LogP contribution is 2.36. The zero-order valence-corrected chi connectivity index (χ0v) is 13.3. The molecule has 1 rings (SSSR count). The lowest BCUT2D eigenvalue weighted by Crippen LogP contribution is -2.22. The van der Waals surface area contributed by atoms with E-state index in [9.17, 15) is 4.79 Å². The normalized spacial score (nSPS) is 23.5. The van der Waals surface area contributed by atoms with Crippen LogP contribution in [0.5, 0.6) is 0 Å². The van der Waals surface area contributed by atoms with Crippen LogP contribution in [0.4, 0.5) is 0 Å². The molecule has 0 bridgehead atoms. The highest BCUT2D eigenvalue weighted by molar-refractivity contribution is 5.78. The number of rotatable bonds is 10. The molecule has 0 radical (unpaired) electrons. The summed E-state index contributed by atoms with van der Waals surface area (Å²) < 4.78 is 0. The van der Waals surface area contributed by atoms with Crippen LogP contribution in [-0.2, 0) is 4.79 Å². The molecule has 2 atom stereocenters. The van der Waals surface area contributed by atoms with Crippen molar-refractivity contribution in [3.8, 4) is 0 Å². The molecule has 0 spiro atoms. The predicted octanol–water partition coefficient (Wildman–Crippen LogP) is 5.91. The van der Waals surface area contributed by atoms with Gasteiger partial charge in [0.05, 0.1) is 0 Å². The second-order valence-corrected chi connectivity index (χ2v) is 6.50. The molecule has 0 heterocycles. The van der Waals surface area contributed by atoms with Gasteiger partial charge in [0, 0.05) is 12.8 Å². The van der Waals surface area contributed by atoms with Crippen molar-refractivity contribution in [3.63, 3.8) is 0 Å². The van der Waals surface area contributed by atoms with Gasteiger partial charge in [-0.25, -0.2) is 0 Å². The molecular weight excluding hydrogens is 232 g/mol. The van der Waals surface area contributed by atoms with Crippen molar-refractivity contribution in [1.82, 2.24) is 0 Å². The molecule has 19 heavy (non-hydrogen) atoms. The number of carbonyl (C=O) groups excluding carboxylic acids is 1. The van der Waals surface area contributed by atoms with Crippen molar-refractivity contribution < 1.29 is 4.79 Å². The molecule has 0 aromatic rings. The Labute approximate surface area is 120 Å².